The molecule has 3 nitrogen and oxygen atoms in total. The van der Waals surface area contributed by atoms with Crippen LogP contribution < -0.4 is 4.74 Å². The first-order valence-electron chi connectivity index (χ1n) is 9.99. The van der Waals surface area contributed by atoms with Gasteiger partial charge in [-0.2, -0.15) is 0 Å². The summed E-state index contributed by atoms with van der Waals surface area (Å²) in [6, 6.07) is 6.17. The van der Waals surface area contributed by atoms with Gasteiger partial charge in [-0.1, -0.05) is 60.2 Å². The van der Waals surface area contributed by atoms with Crippen molar-refractivity contribution in [2.75, 3.05) is 13.9 Å². The van der Waals surface area contributed by atoms with E-state index in [0.717, 1.165) is 22.2 Å². The van der Waals surface area contributed by atoms with Crippen LogP contribution in [0.2, 0.25) is 18.1 Å². The number of halogens is 1. The average molecular weight is 496 g/mol. The molecule has 1 aromatic carbocycles. The summed E-state index contributed by atoms with van der Waals surface area (Å²) in [6.07, 6.45) is 12.1. The maximum absolute atomic E-state index is 11.0. The van der Waals surface area contributed by atoms with E-state index in [2.05, 4.69) is 66.2 Å². The molecule has 0 radical (unpaired) electrons. The largest absolute Gasteiger partial charge is 0.467 e. The van der Waals surface area contributed by atoms with E-state index in [4.69, 9.17) is 9.47 Å². The number of fused-ring (bicyclic) bond motifs is 1. The van der Waals surface area contributed by atoms with E-state index in [1.165, 1.54) is 4.91 Å². The van der Waals surface area contributed by atoms with Crippen molar-refractivity contribution in [3.63, 3.8) is 0 Å². The predicted molar refractivity (Wildman–Crippen MR) is 129 cm³/mol. The number of hydrogen-bond acceptors (Lipinski definition) is 4. The predicted octanol–water partition coefficient (Wildman–Crippen LogP) is 6.62. The van der Waals surface area contributed by atoms with Gasteiger partial charge in [0.2, 0.25) is 0 Å². The van der Waals surface area contributed by atoms with E-state index < -0.39 is 8.32 Å². The zero-order chi connectivity index (χ0) is 21.2. The molecule has 1 N–H and O–H groups in total. The molecule has 3 rings (SSSR count). The molecule has 0 spiro atoms. The van der Waals surface area contributed by atoms with Crippen LogP contribution in [0.3, 0.4) is 0 Å². The summed E-state index contributed by atoms with van der Waals surface area (Å²) in [7, 11) is -0.731. The molecule has 6 heteroatoms. The van der Waals surface area contributed by atoms with Gasteiger partial charge in [0.15, 0.2) is 15.1 Å². The third-order valence-corrected chi connectivity index (χ3v) is 11.6. The molecular weight excluding hydrogens is 464 g/mol. The quantitative estimate of drug-likeness (QED) is 0.325. The number of methoxy groups -OCH3 is 1. The third-order valence-electron chi connectivity index (χ3n) is 6.15. The van der Waals surface area contributed by atoms with Crippen LogP contribution in [-0.2, 0) is 4.74 Å². The second-order valence-corrected chi connectivity index (χ2v) is 15.6. The highest BCUT2D eigenvalue weighted by atomic mass is 79.9. The van der Waals surface area contributed by atoms with Crippen molar-refractivity contribution in [2.45, 2.75) is 49.6 Å². The molecule has 1 aliphatic carbocycles. The highest BCUT2D eigenvalue weighted by Crippen LogP contribution is 2.54. The summed E-state index contributed by atoms with van der Waals surface area (Å²) in [5.41, 5.74) is 1.15. The highest BCUT2D eigenvalue weighted by molar-refractivity contribution is 9.10. The Balaban J connectivity index is 2.03. The molecule has 2 aliphatic rings. The van der Waals surface area contributed by atoms with Crippen LogP contribution >= 0.6 is 27.7 Å². The Morgan fingerprint density at radius 1 is 1.24 bits per heavy atom. The molecule has 1 aliphatic heterocycles. The molecule has 0 saturated carbocycles. The minimum atomic E-state index is -2.37. The van der Waals surface area contributed by atoms with Crippen molar-refractivity contribution < 1.29 is 14.3 Å². The van der Waals surface area contributed by atoms with Gasteiger partial charge in [0.1, 0.15) is 5.75 Å². The molecular formula is C23H31BrO3SSi. The second kappa shape index (κ2) is 9.14. The van der Waals surface area contributed by atoms with E-state index in [-0.39, 0.29) is 17.7 Å². The fourth-order valence-electron chi connectivity index (χ4n) is 3.63. The van der Waals surface area contributed by atoms with Gasteiger partial charge >= 0.3 is 0 Å². The first kappa shape index (κ1) is 22.9. The van der Waals surface area contributed by atoms with Crippen molar-refractivity contribution in [1.82, 2.24) is 0 Å². The van der Waals surface area contributed by atoms with Crippen LogP contribution in [0.15, 0.2) is 58.0 Å². The van der Waals surface area contributed by atoms with Crippen molar-refractivity contribution in [1.29, 1.82) is 0 Å². The Kier molecular flexibility index (Phi) is 7.21. The first-order valence-corrected chi connectivity index (χ1v) is 14.6. The van der Waals surface area contributed by atoms with Crippen molar-refractivity contribution in [2.24, 2.45) is 5.92 Å². The summed E-state index contributed by atoms with van der Waals surface area (Å²) in [6.45, 7) is 8.69. The Labute approximate surface area is 188 Å². The number of thioether (sulfide) groups is 1. The minimum absolute atomic E-state index is 0.153. The second-order valence-electron chi connectivity index (χ2n) is 8.93. The lowest BCUT2D eigenvalue weighted by atomic mass is 9.87. The molecule has 3 unspecified atom stereocenters. The van der Waals surface area contributed by atoms with Gasteiger partial charge in [-0.25, -0.2) is 0 Å². The molecule has 1 aromatic rings. The number of benzene rings is 1. The molecule has 158 valence electrons. The Morgan fingerprint density at radius 2 is 1.97 bits per heavy atom. The molecule has 0 aromatic heterocycles. The van der Waals surface area contributed by atoms with Crippen molar-refractivity contribution in [3.8, 4) is 5.75 Å². The van der Waals surface area contributed by atoms with Crippen molar-refractivity contribution in [3.05, 3.63) is 63.5 Å². The zero-order valence-electron chi connectivity index (χ0n) is 17.8. The summed E-state index contributed by atoms with van der Waals surface area (Å²) < 4.78 is 12.1. The van der Waals surface area contributed by atoms with Crippen LogP contribution in [0.5, 0.6) is 5.75 Å². The number of hydrogen-bond donors (Lipinski definition) is 1. The lowest BCUT2D eigenvalue weighted by molar-refractivity contribution is 0.0502. The topological polar surface area (TPSA) is 38.7 Å². The van der Waals surface area contributed by atoms with Crippen LogP contribution in [0, 0.1) is 5.92 Å². The molecule has 0 fully saturated rings. The fourth-order valence-corrected chi connectivity index (χ4v) is 6.13. The van der Waals surface area contributed by atoms with Gasteiger partial charge in [-0.15, -0.1) is 11.8 Å². The third kappa shape index (κ3) is 5.28. The summed E-state index contributed by atoms with van der Waals surface area (Å²) in [5, 5.41) is 0.301. The molecule has 0 saturated heterocycles. The van der Waals surface area contributed by atoms with Crippen LogP contribution in [0.1, 0.15) is 31.7 Å². The van der Waals surface area contributed by atoms with Gasteiger partial charge in [-0.3, -0.25) is 0 Å². The highest BCUT2D eigenvalue weighted by Gasteiger charge is 2.42. The number of rotatable bonds is 8. The zero-order valence-corrected chi connectivity index (χ0v) is 21.2. The SMILES string of the molecule is COCOc1ccc(Br)cc1C(CC(C)(C)[Si](C)(C)O)C1=CC2C=CC=CC2S1. The Hall–Kier alpha value is -0.793. The molecule has 0 amide bonds. The van der Waals surface area contributed by atoms with Gasteiger partial charge < -0.3 is 14.3 Å². The van der Waals surface area contributed by atoms with Gasteiger partial charge in [-0.05, 0) is 47.7 Å². The van der Waals surface area contributed by atoms with Crippen molar-refractivity contribution >= 4 is 36.0 Å². The lowest BCUT2D eigenvalue weighted by Crippen LogP contribution is -2.40. The number of allylic oxidation sites excluding steroid dienone is 5. The Morgan fingerprint density at radius 3 is 2.62 bits per heavy atom. The summed E-state index contributed by atoms with van der Waals surface area (Å²) in [4.78, 5) is 12.3. The molecule has 1 heterocycles. The van der Waals surface area contributed by atoms with Gasteiger partial charge in [0, 0.05) is 34.2 Å². The fraction of sp³-hybridized carbons (Fsp3) is 0.478. The van der Waals surface area contributed by atoms with E-state index in [0.29, 0.717) is 11.2 Å². The Bertz CT molecular complexity index is 826. The molecule has 3 atom stereocenters. The van der Waals surface area contributed by atoms with E-state index in [1.54, 1.807) is 7.11 Å². The maximum atomic E-state index is 11.0. The first-order chi connectivity index (χ1) is 13.6. The average Bonchev–Trinajstić information content (AvgIpc) is 3.08. The standard InChI is InChI=1S/C23H31BrO3SSi/c1-23(2,29(4,5)25)14-19(22-12-16-8-6-7-9-21(16)28-22)18-13-17(24)10-11-20(18)27-15-26-3/h6-13,16,19,21,25H,14-15H2,1-5H3. The van der Waals surface area contributed by atoms with Gasteiger partial charge in [0.05, 0.1) is 0 Å². The smallest absolute Gasteiger partial charge is 0.188 e. The monoisotopic (exact) mass is 494 g/mol. The summed E-state index contributed by atoms with van der Waals surface area (Å²) >= 11 is 5.59. The van der Waals surface area contributed by atoms with Gasteiger partial charge in [0.25, 0.3) is 0 Å². The minimum Gasteiger partial charge on any atom is -0.467 e. The summed E-state index contributed by atoms with van der Waals surface area (Å²) in [5.74, 6) is 1.43. The molecule has 0 bridgehead atoms. The van der Waals surface area contributed by atoms with Crippen LogP contribution in [0.4, 0.5) is 0 Å². The van der Waals surface area contributed by atoms with E-state index in [9.17, 15) is 4.80 Å². The van der Waals surface area contributed by atoms with E-state index in [1.807, 2.05) is 37.0 Å². The van der Waals surface area contributed by atoms with Crippen LogP contribution in [-0.4, -0.2) is 32.3 Å². The van der Waals surface area contributed by atoms with E-state index >= 15 is 0 Å². The normalized spacial score (nSPS) is 22.4. The molecule has 29 heavy (non-hydrogen) atoms. The lowest BCUT2D eigenvalue weighted by Gasteiger charge is -2.38. The van der Waals surface area contributed by atoms with Crippen LogP contribution in [0.25, 0.3) is 0 Å². The number of ether oxygens (including phenoxy) is 2. The maximum Gasteiger partial charge on any atom is 0.188 e.